The van der Waals surface area contributed by atoms with Crippen molar-refractivity contribution in [2.24, 2.45) is 5.73 Å². The van der Waals surface area contributed by atoms with Crippen LogP contribution in [0.25, 0.3) is 0 Å². The summed E-state index contributed by atoms with van der Waals surface area (Å²) in [4.78, 5) is 36.0. The molecule has 0 saturated carbocycles. The Labute approximate surface area is 108 Å². The van der Waals surface area contributed by atoms with E-state index in [1.807, 2.05) is 0 Å². The van der Waals surface area contributed by atoms with E-state index >= 15 is 0 Å². The van der Waals surface area contributed by atoms with Crippen molar-refractivity contribution in [1.29, 1.82) is 0 Å². The van der Waals surface area contributed by atoms with Crippen LogP contribution in [-0.2, 0) is 22.7 Å². The molecule has 100 valence electrons. The van der Waals surface area contributed by atoms with E-state index in [2.05, 4.69) is 0 Å². The Morgan fingerprint density at radius 1 is 1.21 bits per heavy atom. The molecule has 0 unspecified atom stereocenters. The first-order chi connectivity index (χ1) is 8.95. The van der Waals surface area contributed by atoms with E-state index in [1.165, 1.54) is 25.2 Å². The Hall–Kier alpha value is -2.28. The molecule has 1 aromatic rings. The van der Waals surface area contributed by atoms with E-state index in [-0.39, 0.29) is 18.7 Å². The molecule has 2 rings (SSSR count). The van der Waals surface area contributed by atoms with Gasteiger partial charge in [-0.25, -0.2) is 9.18 Å². The minimum atomic E-state index is -0.954. The number of amides is 4. The molecule has 6 nitrogen and oxygen atoms in total. The molecule has 0 aromatic heterocycles. The second kappa shape index (κ2) is 4.77. The van der Waals surface area contributed by atoms with Gasteiger partial charge in [0.15, 0.2) is 0 Å². The van der Waals surface area contributed by atoms with Crippen LogP contribution >= 0.6 is 0 Å². The number of carbonyl (C=O) groups is 3. The molecule has 0 bridgehead atoms. The Morgan fingerprint density at radius 2 is 1.89 bits per heavy atom. The summed E-state index contributed by atoms with van der Waals surface area (Å²) in [6, 6.07) is 3.45. The number of halogens is 1. The first-order valence-corrected chi connectivity index (χ1v) is 5.56. The summed E-state index contributed by atoms with van der Waals surface area (Å²) >= 11 is 0. The molecular formula is C12H12FN3O3. The molecule has 1 heterocycles. The predicted octanol–water partition coefficient (Wildman–Crippen LogP) is 0.205. The van der Waals surface area contributed by atoms with Gasteiger partial charge < -0.3 is 5.73 Å². The SMILES string of the molecule is CN1C(=O)C(=O)N(Cc2cc(CN)ccc2F)C1=O. The van der Waals surface area contributed by atoms with E-state index in [0.29, 0.717) is 15.4 Å². The van der Waals surface area contributed by atoms with Crippen LogP contribution in [0.1, 0.15) is 11.1 Å². The zero-order valence-corrected chi connectivity index (χ0v) is 10.2. The molecule has 1 saturated heterocycles. The third-order valence-electron chi connectivity index (χ3n) is 2.92. The van der Waals surface area contributed by atoms with Gasteiger partial charge in [-0.2, -0.15) is 0 Å². The highest BCUT2D eigenvalue weighted by Crippen LogP contribution is 2.17. The molecule has 1 aromatic carbocycles. The van der Waals surface area contributed by atoms with Crippen LogP contribution in [-0.4, -0.2) is 34.7 Å². The quantitative estimate of drug-likeness (QED) is 0.625. The lowest BCUT2D eigenvalue weighted by molar-refractivity contribution is -0.143. The summed E-state index contributed by atoms with van der Waals surface area (Å²) in [6.07, 6.45) is 0. The molecule has 1 fully saturated rings. The Morgan fingerprint density at radius 3 is 2.42 bits per heavy atom. The van der Waals surface area contributed by atoms with Gasteiger partial charge in [-0.05, 0) is 17.7 Å². The van der Waals surface area contributed by atoms with Gasteiger partial charge in [-0.1, -0.05) is 6.07 Å². The van der Waals surface area contributed by atoms with Gasteiger partial charge in [0.25, 0.3) is 0 Å². The van der Waals surface area contributed by atoms with Crippen LogP contribution in [0.2, 0.25) is 0 Å². The van der Waals surface area contributed by atoms with Gasteiger partial charge in [-0.3, -0.25) is 19.4 Å². The zero-order chi connectivity index (χ0) is 14.2. The van der Waals surface area contributed by atoms with Crippen molar-refractivity contribution < 1.29 is 18.8 Å². The average Bonchev–Trinajstić information content (AvgIpc) is 2.59. The van der Waals surface area contributed by atoms with Crippen molar-refractivity contribution in [2.45, 2.75) is 13.1 Å². The number of nitrogens with zero attached hydrogens (tertiary/aromatic N) is 2. The number of imide groups is 2. The normalized spacial score (nSPS) is 15.6. The van der Waals surface area contributed by atoms with Crippen molar-refractivity contribution in [2.75, 3.05) is 7.05 Å². The maximum atomic E-state index is 13.6. The van der Waals surface area contributed by atoms with Crippen LogP contribution in [0.4, 0.5) is 9.18 Å². The van der Waals surface area contributed by atoms with E-state index < -0.39 is 23.7 Å². The van der Waals surface area contributed by atoms with Crippen LogP contribution in [0, 0.1) is 5.82 Å². The summed E-state index contributed by atoms with van der Waals surface area (Å²) < 4.78 is 13.6. The Bertz CT molecular complexity index is 573. The molecule has 1 aliphatic heterocycles. The summed E-state index contributed by atoms with van der Waals surface area (Å²) in [6.45, 7) is -0.0680. The van der Waals surface area contributed by atoms with Crippen molar-refractivity contribution in [1.82, 2.24) is 9.80 Å². The van der Waals surface area contributed by atoms with Gasteiger partial charge in [0.1, 0.15) is 5.82 Å². The van der Waals surface area contributed by atoms with Gasteiger partial charge in [0, 0.05) is 19.2 Å². The topological polar surface area (TPSA) is 83.7 Å². The number of hydrogen-bond acceptors (Lipinski definition) is 4. The minimum absolute atomic E-state index is 0.146. The lowest BCUT2D eigenvalue weighted by Crippen LogP contribution is -2.31. The molecule has 7 heteroatoms. The van der Waals surface area contributed by atoms with Crippen LogP contribution in [0.5, 0.6) is 0 Å². The van der Waals surface area contributed by atoms with E-state index in [0.717, 1.165) is 0 Å². The van der Waals surface area contributed by atoms with Crippen molar-refractivity contribution in [3.8, 4) is 0 Å². The van der Waals surface area contributed by atoms with E-state index in [9.17, 15) is 18.8 Å². The minimum Gasteiger partial charge on any atom is -0.326 e. The third kappa shape index (κ3) is 2.19. The van der Waals surface area contributed by atoms with Gasteiger partial charge >= 0.3 is 17.8 Å². The van der Waals surface area contributed by atoms with Crippen molar-refractivity contribution >= 4 is 17.8 Å². The molecular weight excluding hydrogens is 253 g/mol. The molecule has 2 N–H and O–H groups in total. The highest BCUT2D eigenvalue weighted by molar-refractivity contribution is 6.44. The fraction of sp³-hybridized carbons (Fsp3) is 0.250. The monoisotopic (exact) mass is 265 g/mol. The first kappa shape index (κ1) is 13.2. The average molecular weight is 265 g/mol. The third-order valence-corrected chi connectivity index (χ3v) is 2.92. The van der Waals surface area contributed by atoms with Gasteiger partial charge in [0.2, 0.25) is 0 Å². The maximum Gasteiger partial charge on any atom is 0.334 e. The molecule has 0 atom stereocenters. The predicted molar refractivity (Wildman–Crippen MR) is 63.0 cm³/mol. The Balaban J connectivity index is 2.29. The molecule has 4 amide bonds. The fourth-order valence-corrected chi connectivity index (χ4v) is 1.80. The largest absolute Gasteiger partial charge is 0.334 e. The second-order valence-electron chi connectivity index (χ2n) is 4.17. The number of rotatable bonds is 3. The highest BCUT2D eigenvalue weighted by Gasteiger charge is 2.42. The van der Waals surface area contributed by atoms with E-state index in [1.54, 1.807) is 0 Å². The highest BCUT2D eigenvalue weighted by atomic mass is 19.1. The smallest absolute Gasteiger partial charge is 0.326 e. The molecule has 1 aliphatic rings. The Kier molecular flexibility index (Phi) is 3.30. The maximum absolute atomic E-state index is 13.6. The van der Waals surface area contributed by atoms with Gasteiger partial charge in [-0.15, -0.1) is 0 Å². The fourth-order valence-electron chi connectivity index (χ4n) is 1.80. The van der Waals surface area contributed by atoms with Crippen LogP contribution < -0.4 is 5.73 Å². The number of hydrogen-bond donors (Lipinski definition) is 1. The molecule has 0 aliphatic carbocycles. The number of likely N-dealkylation sites (N-methyl/N-ethyl adjacent to an activating group) is 1. The molecule has 19 heavy (non-hydrogen) atoms. The zero-order valence-electron chi connectivity index (χ0n) is 10.2. The second-order valence-corrected chi connectivity index (χ2v) is 4.17. The van der Waals surface area contributed by atoms with Crippen LogP contribution in [0.15, 0.2) is 18.2 Å². The summed E-state index contributed by atoms with van der Waals surface area (Å²) in [5.74, 6) is -2.43. The number of nitrogens with two attached hydrogens (primary N) is 1. The standard InChI is InChI=1S/C12H12FN3O3/c1-15-10(17)11(18)16(12(15)19)6-8-4-7(5-14)2-3-9(8)13/h2-4H,5-6,14H2,1H3. The summed E-state index contributed by atoms with van der Waals surface area (Å²) in [7, 11) is 1.20. The lowest BCUT2D eigenvalue weighted by atomic mass is 10.1. The van der Waals surface area contributed by atoms with Crippen LogP contribution in [0.3, 0.4) is 0 Å². The molecule has 0 radical (unpaired) electrons. The summed E-state index contributed by atoms with van der Waals surface area (Å²) in [5.41, 5.74) is 6.27. The molecule has 0 spiro atoms. The van der Waals surface area contributed by atoms with E-state index in [4.69, 9.17) is 5.73 Å². The number of benzene rings is 1. The summed E-state index contributed by atoms with van der Waals surface area (Å²) in [5, 5.41) is 0. The number of urea groups is 1. The van der Waals surface area contributed by atoms with Crippen molar-refractivity contribution in [3.05, 3.63) is 35.1 Å². The van der Waals surface area contributed by atoms with Gasteiger partial charge in [0.05, 0.1) is 6.54 Å². The lowest BCUT2D eigenvalue weighted by Gasteiger charge is -2.14. The van der Waals surface area contributed by atoms with Crippen molar-refractivity contribution in [3.63, 3.8) is 0 Å². The first-order valence-electron chi connectivity index (χ1n) is 5.56. The number of carbonyl (C=O) groups excluding carboxylic acids is 3.